The number of hydrogen-bond donors (Lipinski definition) is 2. The fourth-order valence-corrected chi connectivity index (χ4v) is 2.01. The second kappa shape index (κ2) is 4.57. The Morgan fingerprint density at radius 1 is 1.15 bits per heavy atom. The fourth-order valence-electron chi connectivity index (χ4n) is 2.01. The molecule has 0 spiro atoms. The molecule has 0 bridgehead atoms. The third kappa shape index (κ3) is 2.10. The van der Waals surface area contributed by atoms with E-state index in [0.717, 1.165) is 12.1 Å². The average Bonchev–Trinajstić information content (AvgIpc) is 2.68. The number of ether oxygens (including phenoxy) is 1. The molecule has 1 aliphatic heterocycles. The second-order valence-electron chi connectivity index (χ2n) is 4.39. The van der Waals surface area contributed by atoms with Gasteiger partial charge in [0.25, 0.3) is 0 Å². The Labute approximate surface area is 113 Å². The lowest BCUT2D eigenvalue weighted by atomic mass is 10.1. The number of benzene rings is 2. The maximum atomic E-state index is 13.5. The van der Waals surface area contributed by atoms with Gasteiger partial charge in [0.1, 0.15) is 17.6 Å². The maximum Gasteiger partial charge on any atom is 0.245 e. The molecular formula is C14H10F2N2O2. The Kier molecular flexibility index (Phi) is 2.87. The first-order chi connectivity index (χ1) is 9.54. The summed E-state index contributed by atoms with van der Waals surface area (Å²) < 4.78 is 31.6. The first-order valence-electron chi connectivity index (χ1n) is 5.88. The van der Waals surface area contributed by atoms with Gasteiger partial charge in [0.05, 0.1) is 0 Å². The first-order valence-corrected chi connectivity index (χ1v) is 5.88. The number of nitrogens with two attached hydrogens (primary N) is 1. The molecule has 0 saturated carbocycles. The largest absolute Gasteiger partial charge is 0.454 e. The topological polar surface area (TPSA) is 64.4 Å². The van der Waals surface area contributed by atoms with Crippen LogP contribution in [0.25, 0.3) is 0 Å². The molecule has 3 N–H and O–H groups in total. The molecule has 3 rings (SSSR count). The maximum absolute atomic E-state index is 13.5. The molecule has 102 valence electrons. The van der Waals surface area contributed by atoms with Crippen LogP contribution in [0.5, 0.6) is 11.5 Å². The molecule has 0 radical (unpaired) electrons. The van der Waals surface area contributed by atoms with Gasteiger partial charge in [-0.15, -0.1) is 0 Å². The van der Waals surface area contributed by atoms with E-state index in [1.54, 1.807) is 18.2 Å². The van der Waals surface area contributed by atoms with Crippen LogP contribution < -0.4 is 15.8 Å². The highest BCUT2D eigenvalue weighted by molar-refractivity contribution is 6.02. The summed E-state index contributed by atoms with van der Waals surface area (Å²) in [6, 6.07) is 7.08. The zero-order valence-corrected chi connectivity index (χ0v) is 10.2. The van der Waals surface area contributed by atoms with Crippen molar-refractivity contribution in [1.82, 2.24) is 0 Å². The number of carbonyl (C=O) groups is 1. The summed E-state index contributed by atoms with van der Waals surface area (Å²) in [7, 11) is 0. The molecule has 1 atom stereocenters. The summed E-state index contributed by atoms with van der Waals surface area (Å²) in [5, 5.41) is 2.60. The van der Waals surface area contributed by atoms with E-state index in [1.165, 1.54) is 6.07 Å². The van der Waals surface area contributed by atoms with Gasteiger partial charge in [0.2, 0.25) is 5.91 Å². The number of hydrogen-bond acceptors (Lipinski definition) is 3. The molecule has 2 aromatic carbocycles. The molecular weight excluding hydrogens is 266 g/mol. The number of fused-ring (bicyclic) bond motifs is 1. The Balaban J connectivity index is 1.90. The van der Waals surface area contributed by atoms with Crippen molar-refractivity contribution < 1.29 is 18.3 Å². The minimum absolute atomic E-state index is 0.0972. The van der Waals surface area contributed by atoms with Crippen molar-refractivity contribution in [1.29, 1.82) is 0 Å². The van der Waals surface area contributed by atoms with Crippen LogP contribution >= 0.6 is 0 Å². The standard InChI is InChI=1S/C14H10F2N2O2/c15-7-1-4-12(10(16)5-7)20-8-2-3-9-11(6-8)18-14(19)13(9)17/h1-6,13H,17H2,(H,18,19). The van der Waals surface area contributed by atoms with Crippen LogP contribution in [0.2, 0.25) is 0 Å². The Bertz CT molecular complexity index is 704. The van der Waals surface area contributed by atoms with Gasteiger partial charge in [0, 0.05) is 23.4 Å². The van der Waals surface area contributed by atoms with Gasteiger partial charge in [-0.3, -0.25) is 4.79 Å². The minimum Gasteiger partial charge on any atom is -0.454 e. The Morgan fingerprint density at radius 3 is 2.70 bits per heavy atom. The summed E-state index contributed by atoms with van der Waals surface area (Å²) in [5.41, 5.74) is 6.86. The van der Waals surface area contributed by atoms with Crippen LogP contribution in [0.1, 0.15) is 11.6 Å². The van der Waals surface area contributed by atoms with Gasteiger partial charge in [-0.05, 0) is 18.2 Å². The Morgan fingerprint density at radius 2 is 1.95 bits per heavy atom. The van der Waals surface area contributed by atoms with Crippen molar-refractivity contribution in [2.75, 3.05) is 5.32 Å². The summed E-state index contributed by atoms with van der Waals surface area (Å²) in [6.07, 6.45) is 0. The van der Waals surface area contributed by atoms with Crippen molar-refractivity contribution >= 4 is 11.6 Å². The predicted molar refractivity (Wildman–Crippen MR) is 68.4 cm³/mol. The van der Waals surface area contributed by atoms with Gasteiger partial charge >= 0.3 is 0 Å². The van der Waals surface area contributed by atoms with Gasteiger partial charge in [-0.25, -0.2) is 8.78 Å². The molecule has 20 heavy (non-hydrogen) atoms. The number of rotatable bonds is 2. The molecule has 0 aromatic heterocycles. The number of anilines is 1. The third-order valence-electron chi connectivity index (χ3n) is 3.02. The minimum atomic E-state index is -0.800. The lowest BCUT2D eigenvalue weighted by Gasteiger charge is -2.08. The molecule has 0 saturated heterocycles. The van der Waals surface area contributed by atoms with Crippen molar-refractivity contribution in [3.63, 3.8) is 0 Å². The van der Waals surface area contributed by atoms with Crippen LogP contribution in [-0.2, 0) is 4.79 Å². The lowest BCUT2D eigenvalue weighted by Crippen LogP contribution is -2.19. The molecule has 1 amide bonds. The zero-order valence-electron chi connectivity index (χ0n) is 10.2. The van der Waals surface area contributed by atoms with Gasteiger partial charge in [0.15, 0.2) is 11.6 Å². The molecule has 1 heterocycles. The van der Waals surface area contributed by atoms with Gasteiger partial charge in [-0.1, -0.05) is 6.07 Å². The van der Waals surface area contributed by atoms with Crippen LogP contribution in [0, 0.1) is 11.6 Å². The van der Waals surface area contributed by atoms with Crippen molar-refractivity contribution in [3.05, 3.63) is 53.6 Å². The molecule has 1 aliphatic rings. The van der Waals surface area contributed by atoms with Crippen molar-refractivity contribution in [2.24, 2.45) is 5.73 Å². The van der Waals surface area contributed by atoms with Crippen molar-refractivity contribution in [3.8, 4) is 11.5 Å². The first kappa shape index (κ1) is 12.6. The van der Waals surface area contributed by atoms with Gasteiger partial charge < -0.3 is 15.8 Å². The highest BCUT2D eigenvalue weighted by Crippen LogP contribution is 2.34. The monoisotopic (exact) mass is 276 g/mol. The molecule has 0 aliphatic carbocycles. The highest BCUT2D eigenvalue weighted by Gasteiger charge is 2.27. The summed E-state index contributed by atoms with van der Waals surface area (Å²) >= 11 is 0. The van der Waals surface area contributed by atoms with Crippen LogP contribution in [0.4, 0.5) is 14.5 Å². The fraction of sp³-hybridized carbons (Fsp3) is 0.0714. The number of carbonyl (C=O) groups excluding carboxylic acids is 1. The molecule has 4 nitrogen and oxygen atoms in total. The number of halogens is 2. The van der Waals surface area contributed by atoms with Gasteiger partial charge in [-0.2, -0.15) is 0 Å². The smallest absolute Gasteiger partial charge is 0.245 e. The van der Waals surface area contributed by atoms with E-state index in [9.17, 15) is 13.6 Å². The van der Waals surface area contributed by atoms with E-state index < -0.39 is 17.7 Å². The normalized spacial score (nSPS) is 16.8. The van der Waals surface area contributed by atoms with E-state index in [1.807, 2.05) is 0 Å². The van der Waals surface area contributed by atoms with E-state index in [-0.39, 0.29) is 11.7 Å². The third-order valence-corrected chi connectivity index (χ3v) is 3.02. The molecule has 6 heteroatoms. The summed E-state index contributed by atoms with van der Waals surface area (Å²) in [4.78, 5) is 11.4. The van der Waals surface area contributed by atoms with Crippen LogP contribution in [0.15, 0.2) is 36.4 Å². The van der Waals surface area contributed by atoms with Crippen LogP contribution in [0.3, 0.4) is 0 Å². The number of amides is 1. The van der Waals surface area contributed by atoms with E-state index in [2.05, 4.69) is 5.32 Å². The summed E-state index contributed by atoms with van der Waals surface area (Å²) in [5.74, 6) is -1.55. The lowest BCUT2D eigenvalue weighted by molar-refractivity contribution is -0.116. The quantitative estimate of drug-likeness (QED) is 0.886. The predicted octanol–water partition coefficient (Wildman–Crippen LogP) is 2.71. The number of nitrogens with one attached hydrogen (secondary N) is 1. The van der Waals surface area contributed by atoms with E-state index >= 15 is 0 Å². The van der Waals surface area contributed by atoms with Crippen LogP contribution in [-0.4, -0.2) is 5.91 Å². The average molecular weight is 276 g/mol. The van der Waals surface area contributed by atoms with E-state index in [4.69, 9.17) is 10.5 Å². The molecule has 0 fully saturated rings. The molecule has 2 aromatic rings. The molecule has 1 unspecified atom stereocenters. The Hall–Kier alpha value is -2.47. The van der Waals surface area contributed by atoms with E-state index in [0.29, 0.717) is 17.0 Å². The second-order valence-corrected chi connectivity index (χ2v) is 4.39. The highest BCUT2D eigenvalue weighted by atomic mass is 19.1. The van der Waals surface area contributed by atoms with Crippen molar-refractivity contribution in [2.45, 2.75) is 6.04 Å². The SMILES string of the molecule is NC1C(=O)Nc2cc(Oc3ccc(F)cc3F)ccc21. The summed E-state index contributed by atoms with van der Waals surface area (Å²) in [6.45, 7) is 0. The zero-order chi connectivity index (χ0) is 14.3.